The Kier molecular flexibility index (Phi) is 3.15. The monoisotopic (exact) mass is 213 g/mol. The molecule has 0 aliphatic carbocycles. The Balaban J connectivity index is 2.08. The Hall–Kier alpha value is -1.90. The molecule has 0 aliphatic heterocycles. The fourth-order valence-electron chi connectivity index (χ4n) is 1.54. The van der Waals surface area contributed by atoms with Gasteiger partial charge < -0.3 is 5.32 Å². The Bertz CT molecular complexity index is 466. The van der Waals surface area contributed by atoms with Gasteiger partial charge in [0.05, 0.1) is 6.54 Å². The fraction of sp³-hybridized carbons (Fsp3) is 0.231. The maximum Gasteiger partial charge on any atom is 0.147 e. The maximum absolute atomic E-state index is 4.17. The molecule has 0 saturated carbocycles. The number of hydrogen-bond donors (Lipinski definition) is 1. The van der Waals surface area contributed by atoms with E-state index >= 15 is 0 Å². The van der Waals surface area contributed by atoms with Crippen LogP contribution >= 0.6 is 0 Å². The summed E-state index contributed by atoms with van der Waals surface area (Å²) in [6.07, 6.45) is 3.51. The van der Waals surface area contributed by atoms with Gasteiger partial charge >= 0.3 is 0 Å². The van der Waals surface area contributed by atoms with Gasteiger partial charge in [0.25, 0.3) is 0 Å². The van der Waals surface area contributed by atoms with E-state index in [-0.39, 0.29) is 0 Å². The molecule has 1 heterocycles. The van der Waals surface area contributed by atoms with Crippen LogP contribution in [-0.4, -0.2) is 9.97 Å². The van der Waals surface area contributed by atoms with Gasteiger partial charge in [0.15, 0.2) is 0 Å². The number of hydrogen-bond acceptors (Lipinski definition) is 3. The summed E-state index contributed by atoms with van der Waals surface area (Å²) < 4.78 is 0. The molecule has 3 nitrogen and oxygen atoms in total. The minimum absolute atomic E-state index is 0.658. The number of nitrogens with zero attached hydrogens (tertiary/aromatic N) is 2. The van der Waals surface area contributed by atoms with Crippen molar-refractivity contribution in [1.82, 2.24) is 9.97 Å². The minimum atomic E-state index is 0.658. The molecule has 0 amide bonds. The summed E-state index contributed by atoms with van der Waals surface area (Å²) in [7, 11) is 0. The smallest absolute Gasteiger partial charge is 0.147 e. The summed E-state index contributed by atoms with van der Waals surface area (Å²) >= 11 is 0. The Labute approximate surface area is 95.6 Å². The highest BCUT2D eigenvalue weighted by Gasteiger charge is 2.00. The second kappa shape index (κ2) is 4.75. The van der Waals surface area contributed by atoms with E-state index in [9.17, 15) is 0 Å². The van der Waals surface area contributed by atoms with E-state index in [0.717, 1.165) is 11.5 Å². The zero-order valence-corrected chi connectivity index (χ0v) is 9.57. The number of nitrogens with one attached hydrogen (secondary N) is 1. The highest BCUT2D eigenvalue weighted by Crippen LogP contribution is 2.18. The SMILES string of the molecule is Cc1cccc(NCc2ncccn2)c1C. The fourth-order valence-corrected chi connectivity index (χ4v) is 1.54. The van der Waals surface area contributed by atoms with Crippen LogP contribution in [0, 0.1) is 13.8 Å². The first kappa shape index (κ1) is 10.6. The van der Waals surface area contributed by atoms with E-state index in [0.29, 0.717) is 6.54 Å². The molecule has 1 aromatic carbocycles. The van der Waals surface area contributed by atoms with Crippen LogP contribution in [0.2, 0.25) is 0 Å². The van der Waals surface area contributed by atoms with Crippen LogP contribution in [0.3, 0.4) is 0 Å². The molecule has 0 spiro atoms. The predicted octanol–water partition coefficient (Wildman–Crippen LogP) is 2.71. The second-order valence-electron chi connectivity index (χ2n) is 3.77. The molecule has 82 valence electrons. The Morgan fingerprint density at radius 2 is 1.81 bits per heavy atom. The lowest BCUT2D eigenvalue weighted by Crippen LogP contribution is -2.04. The van der Waals surface area contributed by atoms with Crippen molar-refractivity contribution in [3.63, 3.8) is 0 Å². The molecule has 0 fully saturated rings. The number of anilines is 1. The van der Waals surface area contributed by atoms with Gasteiger partial charge in [-0.05, 0) is 37.1 Å². The summed E-state index contributed by atoms with van der Waals surface area (Å²) in [6.45, 7) is 4.88. The van der Waals surface area contributed by atoms with Crippen molar-refractivity contribution in [3.05, 3.63) is 53.6 Å². The van der Waals surface area contributed by atoms with Gasteiger partial charge in [-0.3, -0.25) is 0 Å². The van der Waals surface area contributed by atoms with E-state index in [2.05, 4.69) is 47.3 Å². The van der Waals surface area contributed by atoms with E-state index in [1.807, 2.05) is 6.07 Å². The molecule has 0 aliphatic rings. The van der Waals surface area contributed by atoms with E-state index < -0.39 is 0 Å². The first-order valence-corrected chi connectivity index (χ1v) is 5.33. The summed E-state index contributed by atoms with van der Waals surface area (Å²) in [6, 6.07) is 8.06. The molecule has 1 N–H and O–H groups in total. The molecular weight excluding hydrogens is 198 g/mol. The average molecular weight is 213 g/mol. The average Bonchev–Trinajstić information content (AvgIpc) is 2.32. The van der Waals surface area contributed by atoms with Crippen molar-refractivity contribution < 1.29 is 0 Å². The molecular formula is C13H15N3. The van der Waals surface area contributed by atoms with Crippen LogP contribution in [0.4, 0.5) is 5.69 Å². The van der Waals surface area contributed by atoms with Gasteiger partial charge in [-0.2, -0.15) is 0 Å². The van der Waals surface area contributed by atoms with Gasteiger partial charge in [0, 0.05) is 18.1 Å². The van der Waals surface area contributed by atoms with Crippen LogP contribution in [0.5, 0.6) is 0 Å². The first-order valence-electron chi connectivity index (χ1n) is 5.33. The number of aromatic nitrogens is 2. The molecule has 0 atom stereocenters. The summed E-state index contributed by atoms with van der Waals surface area (Å²) in [5.74, 6) is 0.809. The van der Waals surface area contributed by atoms with E-state index in [1.165, 1.54) is 11.1 Å². The van der Waals surface area contributed by atoms with Gasteiger partial charge in [-0.15, -0.1) is 0 Å². The first-order chi connectivity index (χ1) is 7.77. The quantitative estimate of drug-likeness (QED) is 0.851. The van der Waals surface area contributed by atoms with Crippen molar-refractivity contribution in [3.8, 4) is 0 Å². The molecule has 2 aromatic rings. The molecule has 0 radical (unpaired) electrons. The molecule has 16 heavy (non-hydrogen) atoms. The molecule has 0 bridgehead atoms. The van der Waals surface area contributed by atoms with E-state index in [4.69, 9.17) is 0 Å². The van der Waals surface area contributed by atoms with Crippen molar-refractivity contribution in [2.75, 3.05) is 5.32 Å². The normalized spacial score (nSPS) is 10.1. The third-order valence-electron chi connectivity index (χ3n) is 2.66. The molecule has 3 heteroatoms. The zero-order chi connectivity index (χ0) is 11.4. The van der Waals surface area contributed by atoms with Gasteiger partial charge in [-0.1, -0.05) is 12.1 Å². The van der Waals surface area contributed by atoms with Crippen LogP contribution in [0.1, 0.15) is 17.0 Å². The van der Waals surface area contributed by atoms with Crippen LogP contribution in [0.25, 0.3) is 0 Å². The number of rotatable bonds is 3. The lowest BCUT2D eigenvalue weighted by Gasteiger charge is -2.10. The lowest BCUT2D eigenvalue weighted by molar-refractivity contribution is 0.946. The van der Waals surface area contributed by atoms with Gasteiger partial charge in [0.1, 0.15) is 5.82 Å². The molecule has 2 rings (SSSR count). The Morgan fingerprint density at radius 3 is 2.56 bits per heavy atom. The summed E-state index contributed by atoms with van der Waals surface area (Å²) in [5.41, 5.74) is 3.71. The van der Waals surface area contributed by atoms with Gasteiger partial charge in [-0.25, -0.2) is 9.97 Å². The van der Waals surface area contributed by atoms with E-state index in [1.54, 1.807) is 12.4 Å². The zero-order valence-electron chi connectivity index (χ0n) is 9.57. The summed E-state index contributed by atoms with van der Waals surface area (Å²) in [4.78, 5) is 8.34. The standard InChI is InChI=1S/C13H15N3/c1-10-5-3-6-12(11(10)2)16-9-13-14-7-4-8-15-13/h3-8,16H,9H2,1-2H3. The highest BCUT2D eigenvalue weighted by molar-refractivity contribution is 5.53. The third kappa shape index (κ3) is 2.37. The van der Waals surface area contributed by atoms with Crippen LogP contribution in [-0.2, 0) is 6.54 Å². The Morgan fingerprint density at radius 1 is 1.06 bits per heavy atom. The predicted molar refractivity (Wildman–Crippen MR) is 65.3 cm³/mol. The number of aryl methyl sites for hydroxylation is 1. The molecule has 0 unspecified atom stereocenters. The van der Waals surface area contributed by atoms with Crippen LogP contribution in [0.15, 0.2) is 36.7 Å². The number of benzene rings is 1. The molecule has 0 saturated heterocycles. The van der Waals surface area contributed by atoms with Crippen molar-refractivity contribution in [1.29, 1.82) is 0 Å². The second-order valence-corrected chi connectivity index (χ2v) is 3.77. The highest BCUT2D eigenvalue weighted by atomic mass is 15.0. The van der Waals surface area contributed by atoms with Gasteiger partial charge in [0.2, 0.25) is 0 Å². The van der Waals surface area contributed by atoms with Crippen LogP contribution < -0.4 is 5.32 Å². The minimum Gasteiger partial charge on any atom is -0.378 e. The van der Waals surface area contributed by atoms with Crippen molar-refractivity contribution >= 4 is 5.69 Å². The largest absolute Gasteiger partial charge is 0.378 e. The van der Waals surface area contributed by atoms with Crippen molar-refractivity contribution in [2.45, 2.75) is 20.4 Å². The maximum atomic E-state index is 4.17. The molecule has 1 aromatic heterocycles. The third-order valence-corrected chi connectivity index (χ3v) is 2.66. The van der Waals surface area contributed by atoms with Crippen molar-refractivity contribution in [2.24, 2.45) is 0 Å². The summed E-state index contributed by atoms with van der Waals surface area (Å²) in [5, 5.41) is 3.35. The topological polar surface area (TPSA) is 37.8 Å². The lowest BCUT2D eigenvalue weighted by atomic mass is 10.1.